The van der Waals surface area contributed by atoms with E-state index in [1.54, 1.807) is 47.8 Å². The van der Waals surface area contributed by atoms with E-state index in [-0.39, 0.29) is 5.92 Å². The largest absolute Gasteiger partial charge is 0.481 e. The van der Waals surface area contributed by atoms with Gasteiger partial charge in [0.05, 0.1) is 11.8 Å². The minimum absolute atomic E-state index is 0.0880. The fourth-order valence-corrected chi connectivity index (χ4v) is 5.08. The monoisotopic (exact) mass is 494 g/mol. The Hall–Kier alpha value is -2.70. The Morgan fingerprint density at radius 3 is 1.32 bits per heavy atom. The van der Waals surface area contributed by atoms with E-state index in [0.29, 0.717) is 24.0 Å². The van der Waals surface area contributed by atoms with Gasteiger partial charge < -0.3 is 10.2 Å². The van der Waals surface area contributed by atoms with Crippen LogP contribution in [0.1, 0.15) is 59.8 Å². The first-order valence-corrected chi connectivity index (χ1v) is 13.7. The molecule has 34 heavy (non-hydrogen) atoms. The summed E-state index contributed by atoms with van der Waals surface area (Å²) in [7, 11) is 0. The SMILES string of the molecule is CCC(C(=O)O)c1ccc(C(CC(c2ccc(SC)cc2)c2ccc(SC)cc2)C(=O)O)cc1. The molecule has 0 radical (unpaired) electrons. The first-order valence-electron chi connectivity index (χ1n) is 11.2. The molecule has 0 aliphatic heterocycles. The Balaban J connectivity index is 1.97. The van der Waals surface area contributed by atoms with Gasteiger partial charge in [-0.15, -0.1) is 23.5 Å². The Kier molecular flexibility index (Phi) is 9.25. The van der Waals surface area contributed by atoms with Gasteiger partial charge in [-0.05, 0) is 71.9 Å². The molecule has 178 valence electrons. The molecule has 0 amide bonds. The number of aliphatic carboxylic acids is 2. The van der Waals surface area contributed by atoms with E-state index in [4.69, 9.17) is 0 Å². The maximum atomic E-state index is 12.4. The van der Waals surface area contributed by atoms with Crippen molar-refractivity contribution in [3.05, 3.63) is 95.1 Å². The molecule has 3 rings (SSSR count). The molecule has 2 N–H and O–H groups in total. The smallest absolute Gasteiger partial charge is 0.311 e. The molecular weight excluding hydrogens is 464 g/mol. The Morgan fingerprint density at radius 2 is 1.00 bits per heavy atom. The number of benzene rings is 3. The summed E-state index contributed by atoms with van der Waals surface area (Å²) >= 11 is 3.35. The first kappa shape index (κ1) is 25.9. The van der Waals surface area contributed by atoms with Crippen molar-refractivity contribution in [2.45, 2.75) is 47.3 Å². The molecular formula is C28H30O4S2. The summed E-state index contributed by atoms with van der Waals surface area (Å²) in [6.45, 7) is 1.84. The Morgan fingerprint density at radius 1 is 0.647 bits per heavy atom. The zero-order valence-electron chi connectivity index (χ0n) is 19.6. The summed E-state index contributed by atoms with van der Waals surface area (Å²) < 4.78 is 0. The van der Waals surface area contributed by atoms with E-state index < -0.39 is 23.8 Å². The van der Waals surface area contributed by atoms with Crippen LogP contribution in [0, 0.1) is 0 Å². The van der Waals surface area contributed by atoms with Crippen LogP contribution in [0.2, 0.25) is 0 Å². The third-order valence-electron chi connectivity index (χ3n) is 6.25. The van der Waals surface area contributed by atoms with Gasteiger partial charge in [0.25, 0.3) is 0 Å². The lowest BCUT2D eigenvalue weighted by atomic mass is 9.80. The second kappa shape index (κ2) is 12.1. The summed E-state index contributed by atoms with van der Waals surface area (Å²) in [5.41, 5.74) is 3.53. The fraction of sp³-hybridized carbons (Fsp3) is 0.286. The van der Waals surface area contributed by atoms with Crippen LogP contribution in [0.25, 0.3) is 0 Å². The molecule has 0 aliphatic carbocycles. The van der Waals surface area contributed by atoms with Crippen molar-refractivity contribution < 1.29 is 19.8 Å². The number of carboxylic acids is 2. The second-order valence-corrected chi connectivity index (χ2v) is 9.95. The third kappa shape index (κ3) is 6.24. The molecule has 2 unspecified atom stereocenters. The molecule has 0 saturated heterocycles. The molecule has 0 heterocycles. The van der Waals surface area contributed by atoms with Gasteiger partial charge in [-0.2, -0.15) is 0 Å². The van der Waals surface area contributed by atoms with Gasteiger partial charge in [0.15, 0.2) is 0 Å². The molecule has 3 aromatic carbocycles. The van der Waals surface area contributed by atoms with E-state index in [1.807, 2.05) is 19.4 Å². The van der Waals surface area contributed by atoms with Crippen LogP contribution in [-0.2, 0) is 9.59 Å². The number of rotatable bonds is 11. The highest BCUT2D eigenvalue weighted by Gasteiger charge is 2.27. The van der Waals surface area contributed by atoms with Crippen LogP contribution in [0.5, 0.6) is 0 Å². The summed E-state index contributed by atoms with van der Waals surface area (Å²) in [5.74, 6) is -3.15. The lowest BCUT2D eigenvalue weighted by Crippen LogP contribution is -2.17. The number of thioether (sulfide) groups is 2. The average molecular weight is 495 g/mol. The molecule has 0 spiro atoms. The maximum Gasteiger partial charge on any atom is 0.311 e. The molecule has 0 aliphatic rings. The van der Waals surface area contributed by atoms with Crippen molar-refractivity contribution in [1.82, 2.24) is 0 Å². The molecule has 0 saturated carbocycles. The van der Waals surface area contributed by atoms with Gasteiger partial charge in [0, 0.05) is 15.7 Å². The molecule has 6 heteroatoms. The van der Waals surface area contributed by atoms with E-state index in [1.165, 1.54) is 0 Å². The topological polar surface area (TPSA) is 74.6 Å². The highest BCUT2D eigenvalue weighted by molar-refractivity contribution is 7.98. The minimum Gasteiger partial charge on any atom is -0.481 e. The van der Waals surface area contributed by atoms with Crippen LogP contribution in [0.15, 0.2) is 82.6 Å². The van der Waals surface area contributed by atoms with Gasteiger partial charge in [0.2, 0.25) is 0 Å². The van der Waals surface area contributed by atoms with Gasteiger partial charge in [-0.1, -0.05) is 55.5 Å². The number of hydrogen-bond acceptors (Lipinski definition) is 4. The summed E-state index contributed by atoms with van der Waals surface area (Å²) in [6, 6.07) is 23.7. The zero-order valence-corrected chi connectivity index (χ0v) is 21.2. The first-order chi connectivity index (χ1) is 16.4. The molecule has 3 aromatic rings. The fourth-order valence-electron chi connectivity index (χ4n) is 4.27. The molecule has 0 bridgehead atoms. The van der Waals surface area contributed by atoms with Gasteiger partial charge >= 0.3 is 11.9 Å². The molecule has 4 nitrogen and oxygen atoms in total. The average Bonchev–Trinajstić information content (AvgIpc) is 2.85. The van der Waals surface area contributed by atoms with Crippen LogP contribution in [0.4, 0.5) is 0 Å². The zero-order chi connectivity index (χ0) is 24.7. The van der Waals surface area contributed by atoms with Crippen molar-refractivity contribution in [3.8, 4) is 0 Å². The lowest BCUT2D eigenvalue weighted by molar-refractivity contribution is -0.140. The normalized spacial score (nSPS) is 12.9. The van der Waals surface area contributed by atoms with Crippen LogP contribution in [-0.4, -0.2) is 34.7 Å². The lowest BCUT2D eigenvalue weighted by Gasteiger charge is -2.23. The predicted octanol–water partition coefficient (Wildman–Crippen LogP) is 7.10. The van der Waals surface area contributed by atoms with Gasteiger partial charge in [0.1, 0.15) is 0 Å². The Labute approximate surface area is 209 Å². The van der Waals surface area contributed by atoms with Crippen molar-refractivity contribution >= 4 is 35.5 Å². The summed E-state index contributed by atoms with van der Waals surface area (Å²) in [6.07, 6.45) is 4.95. The maximum absolute atomic E-state index is 12.4. The van der Waals surface area contributed by atoms with Crippen molar-refractivity contribution in [3.63, 3.8) is 0 Å². The number of hydrogen-bond donors (Lipinski definition) is 2. The third-order valence-corrected chi connectivity index (χ3v) is 7.74. The summed E-state index contributed by atoms with van der Waals surface area (Å²) in [5, 5.41) is 19.6. The number of carbonyl (C=O) groups is 2. The van der Waals surface area contributed by atoms with Crippen LogP contribution >= 0.6 is 23.5 Å². The predicted molar refractivity (Wildman–Crippen MR) is 140 cm³/mol. The van der Waals surface area contributed by atoms with Gasteiger partial charge in [-0.25, -0.2) is 0 Å². The molecule has 0 aromatic heterocycles. The van der Waals surface area contributed by atoms with Crippen LogP contribution < -0.4 is 0 Å². The summed E-state index contributed by atoms with van der Waals surface area (Å²) in [4.78, 5) is 26.2. The van der Waals surface area contributed by atoms with Crippen molar-refractivity contribution in [2.24, 2.45) is 0 Å². The van der Waals surface area contributed by atoms with E-state index in [9.17, 15) is 19.8 Å². The number of carboxylic acid groups (broad SMARTS) is 2. The van der Waals surface area contributed by atoms with Gasteiger partial charge in [-0.3, -0.25) is 9.59 Å². The quantitative estimate of drug-likeness (QED) is 0.277. The van der Waals surface area contributed by atoms with Crippen LogP contribution in [0.3, 0.4) is 0 Å². The van der Waals surface area contributed by atoms with E-state index in [2.05, 4.69) is 48.5 Å². The Bertz CT molecular complexity index is 1050. The highest BCUT2D eigenvalue weighted by atomic mass is 32.2. The van der Waals surface area contributed by atoms with E-state index in [0.717, 1.165) is 20.9 Å². The second-order valence-electron chi connectivity index (χ2n) is 8.19. The highest BCUT2D eigenvalue weighted by Crippen LogP contribution is 2.37. The molecule has 2 atom stereocenters. The molecule has 0 fully saturated rings. The van der Waals surface area contributed by atoms with Crippen molar-refractivity contribution in [2.75, 3.05) is 12.5 Å². The minimum atomic E-state index is -0.885. The van der Waals surface area contributed by atoms with E-state index >= 15 is 0 Å². The van der Waals surface area contributed by atoms with Crippen molar-refractivity contribution in [1.29, 1.82) is 0 Å². The standard InChI is InChI=1S/C28H30O4S2/c1-4-24(27(29)30)18-5-7-21(8-6-18)26(28(31)32)17-25(19-9-13-22(33-2)14-10-19)20-11-15-23(34-3)16-12-20/h5-16,24-26H,4,17H2,1-3H3,(H,29,30)(H,31,32).